The van der Waals surface area contributed by atoms with Crippen molar-refractivity contribution in [3.63, 3.8) is 0 Å². The number of para-hydroxylation sites is 1. The molecule has 1 aromatic heterocycles. The Bertz CT molecular complexity index is 858. The van der Waals surface area contributed by atoms with E-state index in [4.69, 9.17) is 0 Å². The molecule has 4 nitrogen and oxygen atoms in total. The Hall–Kier alpha value is -2.53. The van der Waals surface area contributed by atoms with Crippen molar-refractivity contribution >= 4 is 17.7 Å². The molecule has 25 heavy (non-hydrogen) atoms. The van der Waals surface area contributed by atoms with Gasteiger partial charge in [-0.3, -0.25) is 4.79 Å². The molecule has 3 rings (SSSR count). The van der Waals surface area contributed by atoms with Gasteiger partial charge in [-0.15, -0.1) is 11.8 Å². The van der Waals surface area contributed by atoms with Gasteiger partial charge in [0.05, 0.1) is 23.1 Å². The summed E-state index contributed by atoms with van der Waals surface area (Å²) in [6.45, 7) is 4.58. The zero-order valence-corrected chi connectivity index (χ0v) is 15.2. The van der Waals surface area contributed by atoms with Crippen molar-refractivity contribution in [3.05, 3.63) is 77.6 Å². The largest absolute Gasteiger partial charge is 0.351 e. The highest BCUT2D eigenvalue weighted by Gasteiger charge is 2.15. The Labute approximate surface area is 152 Å². The van der Waals surface area contributed by atoms with E-state index in [0.29, 0.717) is 12.1 Å². The minimum Gasteiger partial charge on any atom is -0.351 e. The second-order valence-electron chi connectivity index (χ2n) is 5.76. The first-order valence-corrected chi connectivity index (χ1v) is 9.22. The van der Waals surface area contributed by atoms with Crippen LogP contribution in [0.4, 0.5) is 0 Å². The number of hydrogen-bond donors (Lipinski definition) is 1. The Morgan fingerprint density at radius 2 is 1.80 bits per heavy atom. The van der Waals surface area contributed by atoms with E-state index < -0.39 is 0 Å². The molecule has 0 spiro atoms. The molecule has 0 saturated carbocycles. The molecule has 0 atom stereocenters. The number of nitrogens with one attached hydrogen (secondary N) is 1. The molecule has 0 aliphatic heterocycles. The van der Waals surface area contributed by atoms with E-state index in [0.717, 1.165) is 22.7 Å². The molecule has 0 saturated heterocycles. The van der Waals surface area contributed by atoms with Crippen LogP contribution < -0.4 is 5.32 Å². The van der Waals surface area contributed by atoms with Crippen LogP contribution in [0.1, 0.15) is 21.6 Å². The second-order valence-corrected chi connectivity index (χ2v) is 6.93. The number of nitrogens with zero attached hydrogens (tertiary/aromatic N) is 2. The highest BCUT2D eigenvalue weighted by atomic mass is 32.2. The van der Waals surface area contributed by atoms with Crippen LogP contribution in [0, 0.1) is 13.8 Å². The van der Waals surface area contributed by atoms with Crippen molar-refractivity contribution in [3.8, 4) is 5.69 Å². The summed E-state index contributed by atoms with van der Waals surface area (Å²) in [6, 6.07) is 18.2. The smallest absolute Gasteiger partial charge is 0.254 e. The maximum Gasteiger partial charge on any atom is 0.254 e. The topological polar surface area (TPSA) is 46.9 Å². The van der Waals surface area contributed by atoms with Gasteiger partial charge in [-0.2, -0.15) is 5.10 Å². The molecule has 5 heteroatoms. The minimum atomic E-state index is -0.0778. The lowest BCUT2D eigenvalue weighted by molar-refractivity contribution is 0.0955. The first-order chi connectivity index (χ1) is 12.2. The summed E-state index contributed by atoms with van der Waals surface area (Å²) < 4.78 is 1.82. The van der Waals surface area contributed by atoms with E-state index >= 15 is 0 Å². The third kappa shape index (κ3) is 4.12. The molecular formula is C20H21N3OS. The van der Waals surface area contributed by atoms with Crippen LogP contribution in [-0.2, 0) is 0 Å². The molecule has 3 aromatic rings. The molecule has 0 aliphatic rings. The number of carbonyl (C=O) groups is 1. The van der Waals surface area contributed by atoms with Crippen molar-refractivity contribution in [2.24, 2.45) is 0 Å². The number of aromatic nitrogens is 2. The van der Waals surface area contributed by atoms with E-state index in [-0.39, 0.29) is 5.91 Å². The molecule has 0 fully saturated rings. The summed E-state index contributed by atoms with van der Waals surface area (Å²) in [5.74, 6) is 0.756. The second kappa shape index (κ2) is 8.03. The van der Waals surface area contributed by atoms with Gasteiger partial charge in [0.2, 0.25) is 0 Å². The summed E-state index contributed by atoms with van der Waals surface area (Å²) >= 11 is 1.73. The van der Waals surface area contributed by atoms with Gasteiger partial charge in [-0.25, -0.2) is 4.68 Å². The van der Waals surface area contributed by atoms with Crippen LogP contribution in [0.3, 0.4) is 0 Å². The Kier molecular flexibility index (Phi) is 5.56. The van der Waals surface area contributed by atoms with Crippen molar-refractivity contribution in [1.29, 1.82) is 0 Å². The van der Waals surface area contributed by atoms with E-state index in [2.05, 4.69) is 22.5 Å². The van der Waals surface area contributed by atoms with Gasteiger partial charge in [0.15, 0.2) is 0 Å². The summed E-state index contributed by atoms with van der Waals surface area (Å²) in [7, 11) is 0. The lowest BCUT2D eigenvalue weighted by Gasteiger charge is -2.09. The standard InChI is InChI=1S/C20H21N3OS/c1-15-8-6-7-11-19(15)23-16(2)18(14-22-23)20(24)21-12-13-25-17-9-4-3-5-10-17/h3-11,14H,12-13H2,1-2H3,(H,21,24). The number of benzene rings is 2. The normalized spacial score (nSPS) is 10.6. The van der Waals surface area contributed by atoms with Crippen LogP contribution in [-0.4, -0.2) is 28.0 Å². The van der Waals surface area contributed by atoms with E-state index in [9.17, 15) is 4.79 Å². The molecule has 1 N–H and O–H groups in total. The molecule has 2 aromatic carbocycles. The summed E-state index contributed by atoms with van der Waals surface area (Å²) in [5.41, 5.74) is 3.59. The average Bonchev–Trinajstić information content (AvgIpc) is 3.01. The van der Waals surface area contributed by atoms with Crippen molar-refractivity contribution < 1.29 is 4.79 Å². The van der Waals surface area contributed by atoms with Crippen molar-refractivity contribution in [2.75, 3.05) is 12.3 Å². The Morgan fingerprint density at radius 3 is 2.56 bits per heavy atom. The summed E-state index contributed by atoms with van der Waals surface area (Å²) in [4.78, 5) is 13.6. The highest BCUT2D eigenvalue weighted by Crippen LogP contribution is 2.18. The van der Waals surface area contributed by atoms with E-state index in [1.165, 1.54) is 4.90 Å². The fourth-order valence-electron chi connectivity index (χ4n) is 2.62. The van der Waals surface area contributed by atoms with Crippen LogP contribution in [0.2, 0.25) is 0 Å². The van der Waals surface area contributed by atoms with E-state index in [1.54, 1.807) is 18.0 Å². The van der Waals surface area contributed by atoms with Crippen molar-refractivity contribution in [1.82, 2.24) is 15.1 Å². The van der Waals surface area contributed by atoms with Crippen LogP contribution in [0.25, 0.3) is 5.69 Å². The first kappa shape index (κ1) is 17.3. The van der Waals surface area contributed by atoms with Gasteiger partial charge in [0.1, 0.15) is 0 Å². The predicted molar refractivity (Wildman–Crippen MR) is 103 cm³/mol. The molecule has 0 bridgehead atoms. The third-order valence-corrected chi connectivity index (χ3v) is 5.01. The number of amides is 1. The number of carbonyl (C=O) groups excluding carboxylic acids is 1. The monoisotopic (exact) mass is 351 g/mol. The Balaban J connectivity index is 1.61. The Morgan fingerprint density at radius 1 is 1.08 bits per heavy atom. The lowest BCUT2D eigenvalue weighted by Crippen LogP contribution is -2.26. The average molecular weight is 351 g/mol. The molecule has 0 radical (unpaired) electrons. The van der Waals surface area contributed by atoms with Gasteiger partial charge in [0, 0.05) is 17.2 Å². The van der Waals surface area contributed by atoms with Gasteiger partial charge in [0.25, 0.3) is 5.91 Å². The molecule has 0 aliphatic carbocycles. The first-order valence-electron chi connectivity index (χ1n) is 8.23. The van der Waals surface area contributed by atoms with Crippen LogP contribution >= 0.6 is 11.8 Å². The van der Waals surface area contributed by atoms with Gasteiger partial charge >= 0.3 is 0 Å². The number of hydrogen-bond acceptors (Lipinski definition) is 3. The summed E-state index contributed by atoms with van der Waals surface area (Å²) in [5, 5.41) is 7.37. The zero-order valence-electron chi connectivity index (χ0n) is 14.4. The quantitative estimate of drug-likeness (QED) is 0.539. The predicted octanol–water partition coefficient (Wildman–Crippen LogP) is 4.01. The van der Waals surface area contributed by atoms with Gasteiger partial charge in [-0.05, 0) is 37.6 Å². The number of rotatable bonds is 6. The lowest BCUT2D eigenvalue weighted by atomic mass is 10.2. The van der Waals surface area contributed by atoms with E-state index in [1.807, 2.05) is 61.0 Å². The number of thioether (sulfide) groups is 1. The summed E-state index contributed by atoms with van der Waals surface area (Å²) in [6.07, 6.45) is 1.64. The van der Waals surface area contributed by atoms with Crippen LogP contribution in [0.5, 0.6) is 0 Å². The van der Waals surface area contributed by atoms with Crippen LogP contribution in [0.15, 0.2) is 65.7 Å². The fraction of sp³-hybridized carbons (Fsp3) is 0.200. The maximum atomic E-state index is 12.4. The van der Waals surface area contributed by atoms with Gasteiger partial charge in [-0.1, -0.05) is 36.4 Å². The maximum absolute atomic E-state index is 12.4. The number of aryl methyl sites for hydroxylation is 1. The minimum absolute atomic E-state index is 0.0778. The highest BCUT2D eigenvalue weighted by molar-refractivity contribution is 7.99. The molecular weight excluding hydrogens is 330 g/mol. The zero-order chi connectivity index (χ0) is 17.6. The van der Waals surface area contributed by atoms with Gasteiger partial charge < -0.3 is 5.32 Å². The SMILES string of the molecule is Cc1ccccc1-n1ncc(C(=O)NCCSc2ccccc2)c1C. The molecule has 128 valence electrons. The molecule has 0 unspecified atom stereocenters. The molecule has 1 heterocycles. The molecule has 1 amide bonds. The fourth-order valence-corrected chi connectivity index (χ4v) is 3.41. The third-order valence-electron chi connectivity index (χ3n) is 4.00. The van der Waals surface area contributed by atoms with Crippen molar-refractivity contribution in [2.45, 2.75) is 18.7 Å².